The number of methoxy groups -OCH3 is 1. The summed E-state index contributed by atoms with van der Waals surface area (Å²) in [6, 6.07) is 16.4. The van der Waals surface area contributed by atoms with Gasteiger partial charge in [-0.15, -0.1) is 0 Å². The summed E-state index contributed by atoms with van der Waals surface area (Å²) in [6.45, 7) is 0.617. The Morgan fingerprint density at radius 2 is 1.67 bits per heavy atom. The summed E-state index contributed by atoms with van der Waals surface area (Å²) in [5, 5.41) is 0. The fourth-order valence-corrected chi connectivity index (χ4v) is 5.50. The van der Waals surface area contributed by atoms with Gasteiger partial charge >= 0.3 is 5.97 Å². The van der Waals surface area contributed by atoms with Crippen molar-refractivity contribution >= 4 is 16.1 Å². The molecular weight excluding hydrogens is 404 g/mol. The van der Waals surface area contributed by atoms with E-state index < -0.39 is 10.1 Å². The average Bonchev–Trinajstić information content (AvgIpc) is 2.79. The third-order valence-electron chi connectivity index (χ3n) is 6.34. The number of esters is 1. The first-order valence-electron chi connectivity index (χ1n) is 10.1. The van der Waals surface area contributed by atoms with Gasteiger partial charge in [-0.2, -0.15) is 8.42 Å². The summed E-state index contributed by atoms with van der Waals surface area (Å²) in [7, 11) is -2.28. The Morgan fingerprint density at radius 1 is 1.00 bits per heavy atom. The molecule has 6 nitrogen and oxygen atoms in total. The summed E-state index contributed by atoms with van der Waals surface area (Å²) in [4.78, 5) is 11.7. The molecule has 2 aliphatic heterocycles. The van der Waals surface area contributed by atoms with Crippen LogP contribution in [0.15, 0.2) is 54.6 Å². The van der Waals surface area contributed by atoms with Gasteiger partial charge in [-0.3, -0.25) is 4.18 Å². The average molecular weight is 431 g/mol. The van der Waals surface area contributed by atoms with E-state index in [1.54, 1.807) is 24.3 Å². The lowest BCUT2D eigenvalue weighted by Gasteiger charge is -2.53. The normalized spacial score (nSPS) is 25.8. The first-order chi connectivity index (χ1) is 14.4. The molecule has 0 spiro atoms. The van der Waals surface area contributed by atoms with E-state index >= 15 is 0 Å². The molecule has 1 saturated carbocycles. The van der Waals surface area contributed by atoms with Crippen LogP contribution in [0.1, 0.15) is 47.2 Å². The topological polar surface area (TPSA) is 78.9 Å². The summed E-state index contributed by atoms with van der Waals surface area (Å²) >= 11 is 0. The van der Waals surface area contributed by atoms with Crippen LogP contribution in [0, 0.1) is 5.41 Å². The Bertz CT molecular complexity index is 973. The van der Waals surface area contributed by atoms with Crippen LogP contribution in [0.25, 0.3) is 0 Å². The fourth-order valence-electron chi connectivity index (χ4n) is 4.38. The minimum Gasteiger partial charge on any atom is -0.465 e. The van der Waals surface area contributed by atoms with E-state index in [-0.39, 0.29) is 29.3 Å². The van der Waals surface area contributed by atoms with Crippen LogP contribution in [0.2, 0.25) is 0 Å². The molecule has 0 radical (unpaired) electrons. The van der Waals surface area contributed by atoms with Crippen molar-refractivity contribution in [2.45, 2.75) is 37.0 Å². The van der Waals surface area contributed by atoms with Crippen molar-refractivity contribution in [3.05, 3.63) is 71.3 Å². The largest absolute Gasteiger partial charge is 0.465 e. The van der Waals surface area contributed by atoms with Gasteiger partial charge in [-0.05, 0) is 48.9 Å². The van der Waals surface area contributed by atoms with Crippen molar-refractivity contribution in [1.82, 2.24) is 0 Å². The smallest absolute Gasteiger partial charge is 0.337 e. The summed E-state index contributed by atoms with van der Waals surface area (Å²) in [5.41, 5.74) is 1.63. The molecular formula is C23H26O6S. The van der Waals surface area contributed by atoms with Gasteiger partial charge in [0.05, 0.1) is 31.5 Å². The number of rotatable bonds is 7. The third kappa shape index (κ3) is 4.29. The number of carbonyl (C=O) groups is 1. The summed E-state index contributed by atoms with van der Waals surface area (Å²) in [6.07, 6.45) is 3.28. The van der Waals surface area contributed by atoms with Gasteiger partial charge < -0.3 is 9.47 Å². The van der Waals surface area contributed by atoms with E-state index in [1.165, 1.54) is 7.11 Å². The van der Waals surface area contributed by atoms with Crippen LogP contribution >= 0.6 is 0 Å². The number of fused-ring (bicyclic) bond motifs is 3. The Labute approximate surface area is 177 Å². The predicted octanol–water partition coefficient (Wildman–Crippen LogP) is 3.81. The van der Waals surface area contributed by atoms with Gasteiger partial charge in [0.15, 0.2) is 0 Å². The second-order valence-corrected chi connectivity index (χ2v) is 9.94. The zero-order valence-corrected chi connectivity index (χ0v) is 17.8. The van der Waals surface area contributed by atoms with Gasteiger partial charge in [0.2, 0.25) is 0 Å². The van der Waals surface area contributed by atoms with Crippen molar-refractivity contribution < 1.29 is 26.9 Å². The molecule has 5 rings (SSSR count). The lowest BCUT2D eigenvalue weighted by Crippen LogP contribution is -2.51. The Kier molecular flexibility index (Phi) is 5.70. The molecule has 2 aromatic rings. The van der Waals surface area contributed by atoms with Gasteiger partial charge in [0.25, 0.3) is 10.1 Å². The number of hydrogen-bond acceptors (Lipinski definition) is 6. The molecule has 0 amide bonds. The number of hydrogen-bond donors (Lipinski definition) is 0. The maximum atomic E-state index is 12.4. The molecule has 30 heavy (non-hydrogen) atoms. The lowest BCUT2D eigenvalue weighted by atomic mass is 9.64. The maximum Gasteiger partial charge on any atom is 0.337 e. The molecule has 7 heteroatoms. The molecule has 1 aliphatic carbocycles. The van der Waals surface area contributed by atoms with E-state index in [0.717, 1.165) is 31.2 Å². The highest BCUT2D eigenvalue weighted by Crippen LogP contribution is 2.53. The molecule has 160 valence electrons. The number of carbonyl (C=O) groups excluding carboxylic acids is 1. The standard InChI is InChI=1S/C23H26O6S/c1-27-21(24)19-7-9-20(10-8-19)23-13-11-22(12-14-23,16-28-23)17-29-30(25,26)15-18-5-3-2-4-6-18/h2-10H,11-17H2,1H3. The molecule has 0 atom stereocenters. The molecule has 2 heterocycles. The highest BCUT2D eigenvalue weighted by atomic mass is 32.2. The van der Waals surface area contributed by atoms with Gasteiger partial charge in [-0.25, -0.2) is 4.79 Å². The first kappa shape index (κ1) is 21.0. The van der Waals surface area contributed by atoms with Crippen LogP contribution in [0.5, 0.6) is 0 Å². The van der Waals surface area contributed by atoms with E-state index in [2.05, 4.69) is 0 Å². The molecule has 3 fully saturated rings. The van der Waals surface area contributed by atoms with Crippen LogP contribution in [-0.4, -0.2) is 34.7 Å². The molecule has 0 unspecified atom stereocenters. The van der Waals surface area contributed by atoms with Crippen LogP contribution in [0.4, 0.5) is 0 Å². The van der Waals surface area contributed by atoms with E-state index in [4.69, 9.17) is 13.7 Å². The molecule has 2 saturated heterocycles. The van der Waals surface area contributed by atoms with E-state index in [1.807, 2.05) is 30.3 Å². The van der Waals surface area contributed by atoms with Crippen molar-refractivity contribution in [3.63, 3.8) is 0 Å². The number of ether oxygens (including phenoxy) is 2. The molecule has 3 aliphatic rings. The second kappa shape index (κ2) is 8.13. The van der Waals surface area contributed by atoms with Crippen molar-refractivity contribution in [3.8, 4) is 0 Å². The molecule has 0 N–H and O–H groups in total. The fraction of sp³-hybridized carbons (Fsp3) is 0.435. The van der Waals surface area contributed by atoms with Crippen LogP contribution in [-0.2, 0) is 35.1 Å². The van der Waals surface area contributed by atoms with Crippen molar-refractivity contribution in [2.75, 3.05) is 20.3 Å². The lowest BCUT2D eigenvalue weighted by molar-refractivity contribution is -0.197. The molecule has 2 aromatic carbocycles. The Balaban J connectivity index is 1.38. The highest BCUT2D eigenvalue weighted by molar-refractivity contribution is 7.85. The van der Waals surface area contributed by atoms with Crippen molar-refractivity contribution in [1.29, 1.82) is 0 Å². The van der Waals surface area contributed by atoms with Gasteiger partial charge in [0, 0.05) is 5.41 Å². The monoisotopic (exact) mass is 430 g/mol. The number of benzene rings is 2. The Morgan fingerprint density at radius 3 is 2.23 bits per heavy atom. The van der Waals surface area contributed by atoms with Gasteiger partial charge in [-0.1, -0.05) is 42.5 Å². The van der Waals surface area contributed by atoms with Gasteiger partial charge in [0.1, 0.15) is 5.75 Å². The quantitative estimate of drug-likeness (QED) is 0.491. The SMILES string of the molecule is COC(=O)c1ccc(C23CCC(COS(=O)(=O)Cc4ccccc4)(CC2)CO3)cc1. The maximum absolute atomic E-state index is 12.4. The molecule has 0 aromatic heterocycles. The zero-order valence-electron chi connectivity index (χ0n) is 17.0. The van der Waals surface area contributed by atoms with E-state index in [0.29, 0.717) is 17.7 Å². The minimum absolute atomic E-state index is 0.124. The van der Waals surface area contributed by atoms with E-state index in [9.17, 15) is 13.2 Å². The highest BCUT2D eigenvalue weighted by Gasteiger charge is 2.51. The minimum atomic E-state index is -3.65. The first-order valence-corrected chi connectivity index (χ1v) is 11.7. The van der Waals surface area contributed by atoms with Crippen LogP contribution < -0.4 is 0 Å². The van der Waals surface area contributed by atoms with Crippen molar-refractivity contribution in [2.24, 2.45) is 5.41 Å². The van der Waals surface area contributed by atoms with Crippen LogP contribution in [0.3, 0.4) is 0 Å². The molecule has 2 bridgehead atoms. The summed E-state index contributed by atoms with van der Waals surface area (Å²) < 4.78 is 41.3. The second-order valence-electron chi connectivity index (χ2n) is 8.30. The Hall–Kier alpha value is -2.22. The predicted molar refractivity (Wildman–Crippen MR) is 111 cm³/mol. The zero-order chi connectivity index (χ0) is 21.2. The third-order valence-corrected chi connectivity index (χ3v) is 7.50. The summed E-state index contributed by atoms with van der Waals surface area (Å²) in [5.74, 6) is -0.485.